The lowest BCUT2D eigenvalue weighted by Crippen LogP contribution is -2.28. The number of benzene rings is 1. The van der Waals surface area contributed by atoms with Gasteiger partial charge in [-0.15, -0.1) is 0 Å². The number of hydrogen-bond donors (Lipinski definition) is 2. The van der Waals surface area contributed by atoms with Crippen molar-refractivity contribution in [2.45, 2.75) is 19.9 Å². The highest BCUT2D eigenvalue weighted by atomic mass is 79.9. The summed E-state index contributed by atoms with van der Waals surface area (Å²) in [4.78, 5) is 11.8. The van der Waals surface area contributed by atoms with Gasteiger partial charge in [-0.3, -0.25) is 4.79 Å². The Bertz CT molecular complexity index is 397. The largest absolute Gasteiger partial charge is 0.349 e. The van der Waals surface area contributed by atoms with E-state index in [1.165, 1.54) is 0 Å². The Balaban J connectivity index is 2.33. The fraction of sp³-hybridized carbons (Fsp3) is 0.500. The highest BCUT2D eigenvalue weighted by Crippen LogP contribution is 2.16. The molecule has 1 aromatic rings. The number of halogens is 1. The molecule has 2 unspecified atom stereocenters. The predicted molar refractivity (Wildman–Crippen MR) is 86.2 cm³/mol. The van der Waals surface area contributed by atoms with Crippen LogP contribution in [0.3, 0.4) is 0 Å². The van der Waals surface area contributed by atoms with Gasteiger partial charge in [-0.2, -0.15) is 11.8 Å². The van der Waals surface area contributed by atoms with E-state index < -0.39 is 0 Å². The van der Waals surface area contributed by atoms with E-state index in [0.717, 1.165) is 15.8 Å². The molecule has 1 aromatic carbocycles. The second-order valence-electron chi connectivity index (χ2n) is 4.70. The quantitative estimate of drug-likeness (QED) is 0.799. The van der Waals surface area contributed by atoms with Crippen molar-refractivity contribution in [3.63, 3.8) is 0 Å². The standard InChI is InChI=1S/C14H21BrN2OS/c1-10(7-16)8-19-9-14(18)17-11(2)12-3-5-13(15)6-4-12/h3-6,10-11H,7-9,16H2,1-2H3,(H,17,18). The number of nitrogens with two attached hydrogens (primary N) is 1. The molecule has 0 radical (unpaired) electrons. The Morgan fingerprint density at radius 2 is 2.00 bits per heavy atom. The van der Waals surface area contributed by atoms with Crippen LogP contribution in [-0.4, -0.2) is 24.0 Å². The summed E-state index contributed by atoms with van der Waals surface area (Å²) in [7, 11) is 0. The van der Waals surface area contributed by atoms with Gasteiger partial charge >= 0.3 is 0 Å². The molecule has 0 bridgehead atoms. The van der Waals surface area contributed by atoms with Gasteiger partial charge < -0.3 is 11.1 Å². The second-order valence-corrected chi connectivity index (χ2v) is 6.64. The molecule has 0 fully saturated rings. The van der Waals surface area contributed by atoms with Crippen molar-refractivity contribution >= 4 is 33.6 Å². The molecular formula is C14H21BrN2OS. The monoisotopic (exact) mass is 344 g/mol. The molecule has 0 saturated carbocycles. The second kappa shape index (κ2) is 8.61. The van der Waals surface area contributed by atoms with Gasteiger partial charge in [-0.25, -0.2) is 0 Å². The maximum Gasteiger partial charge on any atom is 0.230 e. The van der Waals surface area contributed by atoms with Crippen LogP contribution in [0.1, 0.15) is 25.5 Å². The van der Waals surface area contributed by atoms with Crippen LogP contribution in [-0.2, 0) is 4.79 Å². The molecule has 0 heterocycles. The van der Waals surface area contributed by atoms with E-state index in [1.807, 2.05) is 31.2 Å². The van der Waals surface area contributed by atoms with E-state index in [0.29, 0.717) is 18.2 Å². The Labute approximate surface area is 127 Å². The molecule has 5 heteroatoms. The van der Waals surface area contributed by atoms with E-state index in [-0.39, 0.29) is 11.9 Å². The Morgan fingerprint density at radius 3 is 2.58 bits per heavy atom. The zero-order valence-corrected chi connectivity index (χ0v) is 13.8. The van der Waals surface area contributed by atoms with Crippen LogP contribution in [0.25, 0.3) is 0 Å². The Morgan fingerprint density at radius 1 is 1.37 bits per heavy atom. The zero-order chi connectivity index (χ0) is 14.3. The van der Waals surface area contributed by atoms with E-state index in [4.69, 9.17) is 5.73 Å². The average molecular weight is 345 g/mol. The van der Waals surface area contributed by atoms with E-state index >= 15 is 0 Å². The Kier molecular flexibility index (Phi) is 7.49. The topological polar surface area (TPSA) is 55.1 Å². The van der Waals surface area contributed by atoms with Crippen molar-refractivity contribution in [2.24, 2.45) is 11.7 Å². The van der Waals surface area contributed by atoms with Crippen LogP contribution in [0, 0.1) is 5.92 Å². The summed E-state index contributed by atoms with van der Waals surface area (Å²) in [5, 5.41) is 3.00. The molecule has 0 aliphatic rings. The molecule has 0 aliphatic heterocycles. The van der Waals surface area contributed by atoms with Crippen LogP contribution in [0.4, 0.5) is 0 Å². The minimum atomic E-state index is 0.0353. The lowest BCUT2D eigenvalue weighted by atomic mass is 10.1. The number of nitrogens with one attached hydrogen (secondary N) is 1. The summed E-state index contributed by atoms with van der Waals surface area (Å²) in [5.41, 5.74) is 6.65. The molecule has 0 spiro atoms. The molecule has 3 N–H and O–H groups in total. The lowest BCUT2D eigenvalue weighted by molar-refractivity contribution is -0.119. The molecule has 2 atom stereocenters. The normalized spacial score (nSPS) is 13.9. The van der Waals surface area contributed by atoms with Gasteiger partial charge in [-0.05, 0) is 42.8 Å². The third-order valence-electron chi connectivity index (χ3n) is 2.79. The van der Waals surface area contributed by atoms with E-state index in [9.17, 15) is 4.79 Å². The zero-order valence-electron chi connectivity index (χ0n) is 11.4. The van der Waals surface area contributed by atoms with Crippen molar-refractivity contribution in [3.8, 4) is 0 Å². The van der Waals surface area contributed by atoms with Gasteiger partial charge in [0.05, 0.1) is 11.8 Å². The van der Waals surface area contributed by atoms with Crippen LogP contribution in [0.15, 0.2) is 28.7 Å². The molecule has 106 valence electrons. The summed E-state index contributed by atoms with van der Waals surface area (Å²) in [5.74, 6) is 1.95. The highest BCUT2D eigenvalue weighted by molar-refractivity contribution is 9.10. The van der Waals surface area contributed by atoms with Crippen molar-refractivity contribution in [1.29, 1.82) is 0 Å². The number of hydrogen-bond acceptors (Lipinski definition) is 3. The number of amides is 1. The first-order chi connectivity index (χ1) is 9.02. The van der Waals surface area contributed by atoms with Gasteiger partial charge in [0.25, 0.3) is 0 Å². The molecule has 19 heavy (non-hydrogen) atoms. The maximum atomic E-state index is 11.8. The number of thioether (sulfide) groups is 1. The van der Waals surface area contributed by atoms with E-state index in [1.54, 1.807) is 11.8 Å². The fourth-order valence-corrected chi connectivity index (χ4v) is 2.73. The van der Waals surface area contributed by atoms with Crippen LogP contribution in [0.5, 0.6) is 0 Å². The maximum absolute atomic E-state index is 11.8. The van der Waals surface area contributed by atoms with Crippen LogP contribution < -0.4 is 11.1 Å². The highest BCUT2D eigenvalue weighted by Gasteiger charge is 2.10. The van der Waals surface area contributed by atoms with Crippen molar-refractivity contribution in [3.05, 3.63) is 34.3 Å². The van der Waals surface area contributed by atoms with Gasteiger partial charge in [-0.1, -0.05) is 35.0 Å². The first-order valence-corrected chi connectivity index (χ1v) is 8.30. The van der Waals surface area contributed by atoms with Gasteiger partial charge in [0, 0.05) is 4.47 Å². The Hall–Kier alpha value is -0.520. The molecule has 0 saturated heterocycles. The van der Waals surface area contributed by atoms with Gasteiger partial charge in [0.15, 0.2) is 0 Å². The number of carbonyl (C=O) groups excluding carboxylic acids is 1. The summed E-state index contributed by atoms with van der Waals surface area (Å²) in [6.45, 7) is 4.76. The molecule has 1 rings (SSSR count). The van der Waals surface area contributed by atoms with Crippen molar-refractivity contribution < 1.29 is 4.79 Å². The predicted octanol–water partition coefficient (Wildman–Crippen LogP) is 2.95. The summed E-state index contributed by atoms with van der Waals surface area (Å²) < 4.78 is 1.04. The summed E-state index contributed by atoms with van der Waals surface area (Å²) in [6.07, 6.45) is 0. The summed E-state index contributed by atoms with van der Waals surface area (Å²) >= 11 is 5.03. The van der Waals surface area contributed by atoms with Gasteiger partial charge in [0.2, 0.25) is 5.91 Å². The fourth-order valence-electron chi connectivity index (χ4n) is 1.54. The smallest absolute Gasteiger partial charge is 0.230 e. The average Bonchev–Trinajstić information content (AvgIpc) is 2.39. The first kappa shape index (κ1) is 16.5. The molecule has 0 aromatic heterocycles. The number of rotatable bonds is 7. The molecule has 1 amide bonds. The molecule has 0 aliphatic carbocycles. The van der Waals surface area contributed by atoms with Crippen LogP contribution in [0.2, 0.25) is 0 Å². The summed E-state index contributed by atoms with van der Waals surface area (Å²) in [6, 6.07) is 8.02. The van der Waals surface area contributed by atoms with Crippen LogP contribution >= 0.6 is 27.7 Å². The minimum Gasteiger partial charge on any atom is -0.349 e. The van der Waals surface area contributed by atoms with Gasteiger partial charge in [0.1, 0.15) is 0 Å². The SMILES string of the molecule is CC(CN)CSCC(=O)NC(C)c1ccc(Br)cc1. The molecule has 3 nitrogen and oxygen atoms in total. The number of carbonyl (C=O) groups is 1. The lowest BCUT2D eigenvalue weighted by Gasteiger charge is -2.15. The van der Waals surface area contributed by atoms with Crippen molar-refractivity contribution in [2.75, 3.05) is 18.1 Å². The molecular weight excluding hydrogens is 324 g/mol. The van der Waals surface area contributed by atoms with Crippen molar-refractivity contribution in [1.82, 2.24) is 5.32 Å². The first-order valence-electron chi connectivity index (χ1n) is 6.35. The minimum absolute atomic E-state index is 0.0353. The third kappa shape index (κ3) is 6.45. The van der Waals surface area contributed by atoms with E-state index in [2.05, 4.69) is 28.2 Å². The third-order valence-corrected chi connectivity index (χ3v) is 4.59.